The molecule has 2 rings (SSSR count). The third kappa shape index (κ3) is 2.19. The van der Waals surface area contributed by atoms with Crippen LogP contribution in [-0.4, -0.2) is 13.1 Å². The third-order valence-electron chi connectivity index (χ3n) is 2.35. The second-order valence-electron chi connectivity index (χ2n) is 3.49. The molecule has 2 aromatic rings. The van der Waals surface area contributed by atoms with Crippen LogP contribution < -0.4 is 5.73 Å². The predicted octanol–water partition coefficient (Wildman–Crippen LogP) is 3.58. The van der Waals surface area contributed by atoms with Crippen LogP contribution in [0.15, 0.2) is 24.3 Å². The summed E-state index contributed by atoms with van der Waals surface area (Å²) in [4.78, 5) is 12.2. The molecule has 0 saturated carbocycles. The van der Waals surface area contributed by atoms with E-state index in [1.807, 2.05) is 0 Å². The summed E-state index contributed by atoms with van der Waals surface area (Å²) in [6.45, 7) is 0. The van der Waals surface area contributed by atoms with Gasteiger partial charge in [-0.15, -0.1) is 11.3 Å². The number of ether oxygens (including phenoxy) is 1. The molecule has 94 valence electrons. The van der Waals surface area contributed by atoms with Crippen LogP contribution in [0, 0.1) is 5.82 Å². The predicted molar refractivity (Wildman–Crippen MR) is 70.5 cm³/mol. The molecule has 3 nitrogen and oxygen atoms in total. The van der Waals surface area contributed by atoms with Crippen LogP contribution in [0.5, 0.6) is 0 Å². The van der Waals surface area contributed by atoms with E-state index < -0.39 is 11.8 Å². The fraction of sp³-hybridized carbons (Fsp3) is 0.0833. The molecule has 1 aromatic heterocycles. The zero-order valence-corrected chi connectivity index (χ0v) is 10.9. The van der Waals surface area contributed by atoms with E-state index >= 15 is 0 Å². The van der Waals surface area contributed by atoms with Crippen molar-refractivity contribution in [3.63, 3.8) is 0 Å². The van der Waals surface area contributed by atoms with Crippen molar-refractivity contribution in [2.24, 2.45) is 0 Å². The molecule has 0 atom stereocenters. The van der Waals surface area contributed by atoms with E-state index in [1.165, 1.54) is 19.2 Å². The van der Waals surface area contributed by atoms with Gasteiger partial charge < -0.3 is 10.5 Å². The van der Waals surface area contributed by atoms with Gasteiger partial charge in [-0.05, 0) is 12.1 Å². The lowest BCUT2D eigenvalue weighted by molar-refractivity contribution is 0.0607. The Bertz CT molecular complexity index is 612. The van der Waals surface area contributed by atoms with Gasteiger partial charge >= 0.3 is 5.97 Å². The number of esters is 1. The number of carbonyl (C=O) groups is 1. The van der Waals surface area contributed by atoms with Crippen LogP contribution in [0.2, 0.25) is 5.02 Å². The van der Waals surface area contributed by atoms with E-state index in [-0.39, 0.29) is 15.6 Å². The molecule has 18 heavy (non-hydrogen) atoms. The summed E-state index contributed by atoms with van der Waals surface area (Å²) in [5.41, 5.74) is 6.28. The van der Waals surface area contributed by atoms with Gasteiger partial charge in [-0.2, -0.15) is 0 Å². The number of anilines is 1. The molecule has 0 aliphatic carbocycles. The second-order valence-corrected chi connectivity index (χ2v) is 4.95. The van der Waals surface area contributed by atoms with Crippen LogP contribution in [0.4, 0.5) is 10.1 Å². The summed E-state index contributed by atoms with van der Waals surface area (Å²) in [6, 6.07) is 6.20. The molecule has 0 amide bonds. The largest absolute Gasteiger partial charge is 0.465 e. The monoisotopic (exact) mass is 285 g/mol. The van der Waals surface area contributed by atoms with Gasteiger partial charge in [-0.25, -0.2) is 9.18 Å². The number of halogens is 2. The minimum Gasteiger partial charge on any atom is -0.465 e. The van der Waals surface area contributed by atoms with Crippen molar-refractivity contribution in [3.05, 3.63) is 40.0 Å². The summed E-state index contributed by atoms with van der Waals surface area (Å²) >= 11 is 6.78. The number of methoxy groups -OCH3 is 1. The van der Waals surface area contributed by atoms with Crippen LogP contribution in [-0.2, 0) is 4.74 Å². The Morgan fingerprint density at radius 1 is 1.50 bits per heavy atom. The normalized spacial score (nSPS) is 10.4. The van der Waals surface area contributed by atoms with Crippen LogP contribution >= 0.6 is 22.9 Å². The Morgan fingerprint density at radius 2 is 2.22 bits per heavy atom. The van der Waals surface area contributed by atoms with Crippen molar-refractivity contribution in [3.8, 4) is 10.4 Å². The van der Waals surface area contributed by atoms with E-state index in [4.69, 9.17) is 17.3 Å². The topological polar surface area (TPSA) is 52.3 Å². The molecule has 0 saturated heterocycles. The fourth-order valence-corrected chi connectivity index (χ4v) is 2.68. The molecular formula is C12H9ClFNO2S. The van der Waals surface area contributed by atoms with Crippen molar-refractivity contribution in [2.45, 2.75) is 0 Å². The van der Waals surface area contributed by atoms with E-state index in [2.05, 4.69) is 4.74 Å². The van der Waals surface area contributed by atoms with Gasteiger partial charge in [0.25, 0.3) is 0 Å². The summed E-state index contributed by atoms with van der Waals surface area (Å²) in [7, 11) is 1.27. The number of carbonyl (C=O) groups excluding carboxylic acids is 1. The highest BCUT2D eigenvalue weighted by Crippen LogP contribution is 2.36. The minimum atomic E-state index is -0.536. The molecule has 0 aliphatic heterocycles. The molecule has 2 N–H and O–H groups in total. The average Bonchev–Trinajstić information content (AvgIpc) is 2.73. The first-order valence-electron chi connectivity index (χ1n) is 4.96. The quantitative estimate of drug-likeness (QED) is 0.858. The SMILES string of the molecule is COC(=O)c1sc(-c2cccc(Cl)c2F)cc1N. The van der Waals surface area contributed by atoms with Crippen molar-refractivity contribution in [2.75, 3.05) is 12.8 Å². The standard InChI is InChI=1S/C12H9ClFNO2S/c1-17-12(16)11-8(15)5-9(18-11)6-3-2-4-7(13)10(6)14/h2-5H,15H2,1H3. The molecule has 1 aromatic carbocycles. The van der Waals surface area contributed by atoms with Crippen LogP contribution in [0.1, 0.15) is 9.67 Å². The first-order valence-corrected chi connectivity index (χ1v) is 6.16. The first-order chi connectivity index (χ1) is 8.54. The maximum atomic E-state index is 13.8. The molecule has 0 bridgehead atoms. The summed E-state index contributed by atoms with van der Waals surface area (Å²) in [5.74, 6) is -1.07. The molecule has 0 fully saturated rings. The van der Waals surface area contributed by atoms with E-state index in [0.29, 0.717) is 10.4 Å². The van der Waals surface area contributed by atoms with Crippen molar-refractivity contribution in [1.82, 2.24) is 0 Å². The van der Waals surface area contributed by atoms with Gasteiger partial charge in [0, 0.05) is 10.4 Å². The smallest absolute Gasteiger partial charge is 0.350 e. The minimum absolute atomic E-state index is 0.0269. The average molecular weight is 286 g/mol. The molecule has 1 heterocycles. The zero-order chi connectivity index (χ0) is 13.3. The van der Waals surface area contributed by atoms with Gasteiger partial charge in [0.1, 0.15) is 10.7 Å². The Hall–Kier alpha value is -1.59. The zero-order valence-electron chi connectivity index (χ0n) is 9.37. The van der Waals surface area contributed by atoms with Gasteiger partial charge in [0.15, 0.2) is 0 Å². The number of nitrogens with two attached hydrogens (primary N) is 1. The number of rotatable bonds is 2. The second kappa shape index (κ2) is 4.96. The van der Waals surface area contributed by atoms with Crippen LogP contribution in [0.25, 0.3) is 10.4 Å². The Balaban J connectivity index is 2.53. The van der Waals surface area contributed by atoms with Crippen molar-refractivity contribution >= 4 is 34.6 Å². The van der Waals surface area contributed by atoms with Crippen molar-refractivity contribution < 1.29 is 13.9 Å². The lowest BCUT2D eigenvalue weighted by Crippen LogP contribution is -2.00. The Labute approximate surface area is 112 Å². The van der Waals surface area contributed by atoms with Gasteiger partial charge in [0.2, 0.25) is 0 Å². The first kappa shape index (κ1) is 12.9. The molecule has 6 heteroatoms. The summed E-state index contributed by atoms with van der Waals surface area (Å²) in [6.07, 6.45) is 0. The maximum absolute atomic E-state index is 13.8. The molecule has 0 radical (unpaired) electrons. The number of thiophene rings is 1. The van der Waals surface area contributed by atoms with Gasteiger partial charge in [-0.1, -0.05) is 23.7 Å². The highest BCUT2D eigenvalue weighted by atomic mass is 35.5. The number of nitrogen functional groups attached to an aromatic ring is 1. The highest BCUT2D eigenvalue weighted by molar-refractivity contribution is 7.18. The number of hydrogen-bond acceptors (Lipinski definition) is 4. The maximum Gasteiger partial charge on any atom is 0.350 e. The lowest BCUT2D eigenvalue weighted by atomic mass is 10.1. The van der Waals surface area contributed by atoms with Crippen LogP contribution in [0.3, 0.4) is 0 Å². The molecule has 0 unspecified atom stereocenters. The van der Waals surface area contributed by atoms with Gasteiger partial charge in [-0.3, -0.25) is 0 Å². The van der Waals surface area contributed by atoms with E-state index in [9.17, 15) is 9.18 Å². The Kier molecular flexibility index (Phi) is 3.54. The van der Waals surface area contributed by atoms with E-state index in [1.54, 1.807) is 12.1 Å². The fourth-order valence-electron chi connectivity index (χ4n) is 1.48. The summed E-state index contributed by atoms with van der Waals surface area (Å²) < 4.78 is 18.4. The van der Waals surface area contributed by atoms with Gasteiger partial charge in [0.05, 0.1) is 17.8 Å². The highest BCUT2D eigenvalue weighted by Gasteiger charge is 2.18. The van der Waals surface area contributed by atoms with Crippen molar-refractivity contribution in [1.29, 1.82) is 0 Å². The molecule has 0 spiro atoms. The number of hydrogen-bond donors (Lipinski definition) is 1. The summed E-state index contributed by atoms with van der Waals surface area (Å²) in [5, 5.41) is 0.0269. The lowest BCUT2D eigenvalue weighted by Gasteiger charge is -2.00. The molecular weight excluding hydrogens is 277 g/mol. The molecule has 0 aliphatic rings. The Morgan fingerprint density at radius 3 is 2.89 bits per heavy atom. The third-order valence-corrected chi connectivity index (χ3v) is 3.80. The van der Waals surface area contributed by atoms with E-state index in [0.717, 1.165) is 11.3 Å². The number of benzene rings is 1.